The van der Waals surface area contributed by atoms with Crippen LogP contribution in [0.4, 0.5) is 5.69 Å². The molecule has 6 heteroatoms. The molecule has 0 radical (unpaired) electrons. The molecule has 1 N–H and O–H groups in total. The van der Waals surface area contributed by atoms with Crippen molar-refractivity contribution in [3.8, 4) is 0 Å². The predicted octanol–water partition coefficient (Wildman–Crippen LogP) is 1.31. The first-order valence-corrected chi connectivity index (χ1v) is 7.19. The van der Waals surface area contributed by atoms with Crippen LogP contribution >= 0.6 is 0 Å². The summed E-state index contributed by atoms with van der Waals surface area (Å²) in [5.74, 6) is -0.0875. The quantitative estimate of drug-likeness (QED) is 0.747. The highest BCUT2D eigenvalue weighted by Gasteiger charge is 2.13. The van der Waals surface area contributed by atoms with E-state index in [1.165, 1.54) is 6.92 Å². The first kappa shape index (κ1) is 18.1. The van der Waals surface area contributed by atoms with Crippen molar-refractivity contribution in [3.63, 3.8) is 0 Å². The third-order valence-corrected chi connectivity index (χ3v) is 3.11. The summed E-state index contributed by atoms with van der Waals surface area (Å²) in [6.45, 7) is 3.54. The van der Waals surface area contributed by atoms with Crippen LogP contribution in [0.25, 0.3) is 0 Å². The second-order valence-electron chi connectivity index (χ2n) is 4.92. The predicted molar refractivity (Wildman–Crippen MR) is 84.8 cm³/mol. The van der Waals surface area contributed by atoms with Crippen LogP contribution in [0.1, 0.15) is 12.5 Å². The summed E-state index contributed by atoms with van der Waals surface area (Å²) >= 11 is 0. The van der Waals surface area contributed by atoms with Gasteiger partial charge in [-0.3, -0.25) is 9.59 Å². The molecule has 0 saturated heterocycles. The van der Waals surface area contributed by atoms with Crippen LogP contribution in [-0.2, 0) is 25.5 Å². The van der Waals surface area contributed by atoms with Crippen LogP contribution in [0, 0.1) is 0 Å². The van der Waals surface area contributed by atoms with E-state index in [1.807, 2.05) is 12.1 Å². The third kappa shape index (κ3) is 6.69. The minimum Gasteiger partial charge on any atom is -0.383 e. The summed E-state index contributed by atoms with van der Waals surface area (Å²) < 4.78 is 10.1. The molecular formula is C16H24N2O4. The van der Waals surface area contributed by atoms with Gasteiger partial charge in [0.25, 0.3) is 0 Å². The molecule has 1 aromatic carbocycles. The maximum absolute atomic E-state index is 12.3. The summed E-state index contributed by atoms with van der Waals surface area (Å²) in [6.07, 6.45) is 0.313. The molecule has 22 heavy (non-hydrogen) atoms. The van der Waals surface area contributed by atoms with E-state index in [0.717, 1.165) is 11.3 Å². The number of nitrogens with one attached hydrogen (secondary N) is 1. The Hall–Kier alpha value is -1.92. The number of hydrogen-bond donors (Lipinski definition) is 1. The van der Waals surface area contributed by atoms with Crippen LogP contribution < -0.4 is 5.32 Å². The highest BCUT2D eigenvalue weighted by atomic mass is 16.5. The van der Waals surface area contributed by atoms with Gasteiger partial charge in [-0.15, -0.1) is 0 Å². The van der Waals surface area contributed by atoms with Gasteiger partial charge in [-0.05, 0) is 17.7 Å². The molecule has 0 aliphatic heterocycles. The monoisotopic (exact) mass is 308 g/mol. The molecular weight excluding hydrogens is 284 g/mol. The summed E-state index contributed by atoms with van der Waals surface area (Å²) in [5, 5.41) is 2.70. The minimum atomic E-state index is -0.117. The Morgan fingerprint density at radius 2 is 1.59 bits per heavy atom. The second kappa shape index (κ2) is 9.92. The number of carbonyl (C=O) groups excluding carboxylic acids is 2. The zero-order valence-corrected chi connectivity index (χ0v) is 13.4. The van der Waals surface area contributed by atoms with E-state index < -0.39 is 0 Å². The zero-order valence-electron chi connectivity index (χ0n) is 13.4. The summed E-state index contributed by atoms with van der Waals surface area (Å²) in [4.78, 5) is 25.0. The van der Waals surface area contributed by atoms with Gasteiger partial charge in [0, 0.05) is 39.9 Å². The fraction of sp³-hybridized carbons (Fsp3) is 0.500. The van der Waals surface area contributed by atoms with Gasteiger partial charge in [-0.25, -0.2) is 0 Å². The van der Waals surface area contributed by atoms with Crippen molar-refractivity contribution in [3.05, 3.63) is 29.8 Å². The normalized spacial score (nSPS) is 10.3. The maximum atomic E-state index is 12.3. The summed E-state index contributed by atoms with van der Waals surface area (Å²) in [7, 11) is 3.22. The average molecular weight is 308 g/mol. The average Bonchev–Trinajstić information content (AvgIpc) is 2.49. The highest BCUT2D eigenvalue weighted by Crippen LogP contribution is 2.11. The third-order valence-electron chi connectivity index (χ3n) is 3.11. The van der Waals surface area contributed by atoms with Crippen LogP contribution in [0.3, 0.4) is 0 Å². The molecule has 0 atom stereocenters. The molecule has 122 valence electrons. The Labute approximate surface area is 131 Å². The largest absolute Gasteiger partial charge is 0.383 e. The fourth-order valence-electron chi connectivity index (χ4n) is 1.96. The van der Waals surface area contributed by atoms with Crippen molar-refractivity contribution in [2.75, 3.05) is 45.8 Å². The van der Waals surface area contributed by atoms with E-state index in [9.17, 15) is 9.59 Å². The van der Waals surface area contributed by atoms with E-state index >= 15 is 0 Å². The van der Waals surface area contributed by atoms with Crippen molar-refractivity contribution in [1.29, 1.82) is 0 Å². The lowest BCUT2D eigenvalue weighted by atomic mass is 10.1. The Bertz CT molecular complexity index is 466. The van der Waals surface area contributed by atoms with E-state index in [1.54, 1.807) is 31.3 Å². The van der Waals surface area contributed by atoms with Crippen LogP contribution in [0.5, 0.6) is 0 Å². The Balaban J connectivity index is 2.61. The van der Waals surface area contributed by atoms with Crippen molar-refractivity contribution in [2.45, 2.75) is 13.3 Å². The highest BCUT2D eigenvalue weighted by molar-refractivity contribution is 5.88. The second-order valence-corrected chi connectivity index (χ2v) is 4.92. The lowest BCUT2D eigenvalue weighted by Gasteiger charge is -2.22. The number of nitrogens with zero attached hydrogens (tertiary/aromatic N) is 1. The first-order valence-electron chi connectivity index (χ1n) is 7.19. The van der Waals surface area contributed by atoms with Gasteiger partial charge in [0.1, 0.15) is 0 Å². The fourth-order valence-corrected chi connectivity index (χ4v) is 1.96. The molecule has 6 nitrogen and oxygen atoms in total. The van der Waals surface area contributed by atoms with Gasteiger partial charge < -0.3 is 19.7 Å². The van der Waals surface area contributed by atoms with Crippen molar-refractivity contribution >= 4 is 17.5 Å². The lowest BCUT2D eigenvalue weighted by molar-refractivity contribution is -0.131. The van der Waals surface area contributed by atoms with Crippen molar-refractivity contribution in [1.82, 2.24) is 4.90 Å². The molecule has 1 aromatic rings. The Kier molecular flexibility index (Phi) is 8.17. The number of rotatable bonds is 9. The van der Waals surface area contributed by atoms with E-state index in [4.69, 9.17) is 9.47 Å². The molecule has 0 unspecified atom stereocenters. The van der Waals surface area contributed by atoms with Gasteiger partial charge in [0.05, 0.1) is 19.6 Å². The molecule has 0 aliphatic carbocycles. The molecule has 0 heterocycles. The van der Waals surface area contributed by atoms with E-state index in [2.05, 4.69) is 5.32 Å². The van der Waals surface area contributed by atoms with E-state index in [0.29, 0.717) is 32.7 Å². The van der Waals surface area contributed by atoms with Crippen LogP contribution in [-0.4, -0.2) is 57.2 Å². The first-order chi connectivity index (χ1) is 10.6. The van der Waals surface area contributed by atoms with Crippen molar-refractivity contribution < 1.29 is 19.1 Å². The molecule has 2 amide bonds. The van der Waals surface area contributed by atoms with Crippen molar-refractivity contribution in [2.24, 2.45) is 0 Å². The van der Waals surface area contributed by atoms with Gasteiger partial charge in [0.2, 0.25) is 11.8 Å². The topological polar surface area (TPSA) is 67.9 Å². The number of ether oxygens (including phenoxy) is 2. The SMILES string of the molecule is COCCN(CCOC)C(=O)Cc1ccc(NC(C)=O)cc1. The van der Waals surface area contributed by atoms with Gasteiger partial charge in [-0.1, -0.05) is 12.1 Å². The molecule has 1 rings (SSSR count). The Morgan fingerprint density at radius 3 is 2.05 bits per heavy atom. The minimum absolute atomic E-state index is 0.0291. The van der Waals surface area contributed by atoms with E-state index in [-0.39, 0.29) is 11.8 Å². The smallest absolute Gasteiger partial charge is 0.227 e. The molecule has 0 fully saturated rings. The molecule has 0 aliphatic rings. The van der Waals surface area contributed by atoms with Crippen LogP contribution in [0.15, 0.2) is 24.3 Å². The number of methoxy groups -OCH3 is 2. The van der Waals surface area contributed by atoms with Gasteiger partial charge >= 0.3 is 0 Å². The number of amides is 2. The number of hydrogen-bond acceptors (Lipinski definition) is 4. The van der Waals surface area contributed by atoms with Gasteiger partial charge in [-0.2, -0.15) is 0 Å². The Morgan fingerprint density at radius 1 is 1.05 bits per heavy atom. The molecule has 0 aromatic heterocycles. The number of anilines is 1. The number of carbonyl (C=O) groups is 2. The maximum Gasteiger partial charge on any atom is 0.227 e. The molecule has 0 saturated carbocycles. The van der Waals surface area contributed by atoms with Crippen LogP contribution in [0.2, 0.25) is 0 Å². The molecule has 0 bridgehead atoms. The zero-order chi connectivity index (χ0) is 16.4. The standard InChI is InChI=1S/C16H24N2O4/c1-13(19)17-15-6-4-14(5-7-15)12-16(20)18(8-10-21-2)9-11-22-3/h4-7H,8-12H2,1-3H3,(H,17,19). The lowest BCUT2D eigenvalue weighted by Crippen LogP contribution is -2.37. The molecule has 0 spiro atoms. The summed E-state index contributed by atoms with van der Waals surface area (Å²) in [6, 6.07) is 7.26. The van der Waals surface area contributed by atoms with Gasteiger partial charge in [0.15, 0.2) is 0 Å². The summed E-state index contributed by atoms with van der Waals surface area (Å²) in [5.41, 5.74) is 1.62. The number of benzene rings is 1.